The van der Waals surface area contributed by atoms with Gasteiger partial charge in [-0.05, 0) is 49.2 Å². The highest BCUT2D eigenvalue weighted by Gasteiger charge is 2.28. The Morgan fingerprint density at radius 1 is 1.04 bits per heavy atom. The molecule has 1 aliphatic heterocycles. The number of nitrogens with one attached hydrogen (secondary N) is 1. The van der Waals surface area contributed by atoms with E-state index in [0.717, 1.165) is 0 Å². The van der Waals surface area contributed by atoms with Crippen LogP contribution in [0.25, 0.3) is 0 Å². The Kier molecular flexibility index (Phi) is 5.79. The Bertz CT molecular complexity index is 836. The Morgan fingerprint density at radius 2 is 1.77 bits per heavy atom. The van der Waals surface area contributed by atoms with Crippen molar-refractivity contribution in [2.75, 3.05) is 18.4 Å². The van der Waals surface area contributed by atoms with E-state index in [0.29, 0.717) is 47.2 Å². The first kappa shape index (κ1) is 18.7. The Morgan fingerprint density at radius 3 is 2.42 bits per heavy atom. The fourth-order valence-electron chi connectivity index (χ4n) is 2.97. The Labute approximate surface area is 160 Å². The summed E-state index contributed by atoms with van der Waals surface area (Å²) in [5.74, 6) is -0.897. The second-order valence-corrected chi connectivity index (χ2v) is 7.01. The fraction of sp³-hybridized carbons (Fsp3) is 0.263. The van der Waals surface area contributed by atoms with Crippen LogP contribution in [0.4, 0.5) is 10.1 Å². The fourth-order valence-corrected chi connectivity index (χ4v) is 3.27. The van der Waals surface area contributed by atoms with Gasteiger partial charge < -0.3 is 10.2 Å². The van der Waals surface area contributed by atoms with Crippen molar-refractivity contribution in [3.8, 4) is 0 Å². The summed E-state index contributed by atoms with van der Waals surface area (Å²) in [6, 6.07) is 10.6. The molecule has 0 spiro atoms. The number of amides is 2. The predicted octanol–water partition coefficient (Wildman–Crippen LogP) is 4.62. The van der Waals surface area contributed by atoms with Crippen molar-refractivity contribution in [2.24, 2.45) is 5.92 Å². The van der Waals surface area contributed by atoms with Crippen molar-refractivity contribution >= 4 is 40.7 Å². The minimum absolute atomic E-state index is 0.132. The van der Waals surface area contributed by atoms with Crippen LogP contribution in [0.3, 0.4) is 0 Å². The van der Waals surface area contributed by atoms with Gasteiger partial charge in [0.05, 0.1) is 10.0 Å². The molecule has 1 aliphatic rings. The van der Waals surface area contributed by atoms with E-state index in [9.17, 15) is 14.0 Å². The largest absolute Gasteiger partial charge is 0.339 e. The third kappa shape index (κ3) is 4.34. The van der Waals surface area contributed by atoms with Crippen molar-refractivity contribution in [1.82, 2.24) is 4.90 Å². The molecule has 136 valence electrons. The predicted molar refractivity (Wildman–Crippen MR) is 100 cm³/mol. The van der Waals surface area contributed by atoms with Gasteiger partial charge in [0.2, 0.25) is 5.91 Å². The molecule has 0 radical (unpaired) electrons. The Balaban J connectivity index is 1.57. The number of anilines is 1. The van der Waals surface area contributed by atoms with E-state index in [1.165, 1.54) is 12.1 Å². The summed E-state index contributed by atoms with van der Waals surface area (Å²) >= 11 is 11.8. The van der Waals surface area contributed by atoms with Crippen molar-refractivity contribution in [3.63, 3.8) is 0 Å². The van der Waals surface area contributed by atoms with Gasteiger partial charge in [-0.1, -0.05) is 29.3 Å². The zero-order chi connectivity index (χ0) is 18.7. The van der Waals surface area contributed by atoms with Crippen LogP contribution in [0.2, 0.25) is 10.0 Å². The number of likely N-dealkylation sites (tertiary alicyclic amines) is 1. The second kappa shape index (κ2) is 8.06. The first-order valence-corrected chi connectivity index (χ1v) is 9.00. The van der Waals surface area contributed by atoms with Gasteiger partial charge in [0.1, 0.15) is 5.82 Å². The molecule has 1 N–H and O–H groups in total. The van der Waals surface area contributed by atoms with Crippen molar-refractivity contribution in [2.45, 2.75) is 12.8 Å². The molecule has 26 heavy (non-hydrogen) atoms. The minimum atomic E-state index is -0.398. The first-order valence-electron chi connectivity index (χ1n) is 8.25. The molecule has 2 amide bonds. The van der Waals surface area contributed by atoms with Gasteiger partial charge in [-0.2, -0.15) is 0 Å². The number of rotatable bonds is 3. The molecule has 0 aromatic heterocycles. The van der Waals surface area contributed by atoms with Gasteiger partial charge >= 0.3 is 0 Å². The quantitative estimate of drug-likeness (QED) is 0.825. The lowest BCUT2D eigenvalue weighted by atomic mass is 9.95. The maximum atomic E-state index is 13.2. The second-order valence-electron chi connectivity index (χ2n) is 6.19. The number of hydrogen-bond donors (Lipinski definition) is 1. The lowest BCUT2D eigenvalue weighted by Crippen LogP contribution is -2.41. The maximum absolute atomic E-state index is 13.2. The smallest absolute Gasteiger partial charge is 0.253 e. The molecule has 0 unspecified atom stereocenters. The van der Waals surface area contributed by atoms with Crippen LogP contribution in [0.5, 0.6) is 0 Å². The van der Waals surface area contributed by atoms with Gasteiger partial charge in [0, 0.05) is 30.3 Å². The average molecular weight is 395 g/mol. The molecule has 0 bridgehead atoms. The van der Waals surface area contributed by atoms with E-state index >= 15 is 0 Å². The van der Waals surface area contributed by atoms with Crippen molar-refractivity contribution in [3.05, 3.63) is 63.9 Å². The summed E-state index contributed by atoms with van der Waals surface area (Å²) in [7, 11) is 0. The number of carbonyl (C=O) groups is 2. The minimum Gasteiger partial charge on any atom is -0.339 e. The van der Waals surface area contributed by atoms with Gasteiger partial charge in [0.25, 0.3) is 5.91 Å². The van der Waals surface area contributed by atoms with Crippen LogP contribution < -0.4 is 5.32 Å². The number of hydrogen-bond acceptors (Lipinski definition) is 2. The van der Waals surface area contributed by atoms with Gasteiger partial charge in [-0.15, -0.1) is 0 Å². The van der Waals surface area contributed by atoms with E-state index in [4.69, 9.17) is 23.2 Å². The van der Waals surface area contributed by atoms with Crippen LogP contribution in [0, 0.1) is 11.7 Å². The molecule has 1 heterocycles. The third-order valence-corrected chi connectivity index (χ3v) is 5.15. The molecule has 0 atom stereocenters. The van der Waals surface area contributed by atoms with Gasteiger partial charge in [-0.3, -0.25) is 9.59 Å². The van der Waals surface area contributed by atoms with E-state index in [-0.39, 0.29) is 17.7 Å². The third-order valence-electron chi connectivity index (χ3n) is 4.41. The number of carbonyl (C=O) groups excluding carboxylic acids is 2. The number of benzene rings is 2. The topological polar surface area (TPSA) is 49.4 Å². The van der Waals surface area contributed by atoms with E-state index < -0.39 is 5.82 Å². The highest BCUT2D eigenvalue weighted by Crippen LogP contribution is 2.25. The van der Waals surface area contributed by atoms with Gasteiger partial charge in [0.15, 0.2) is 0 Å². The number of halogens is 3. The lowest BCUT2D eigenvalue weighted by molar-refractivity contribution is -0.121. The standard InChI is InChI=1S/C19H17Cl2FN2O2/c20-16-5-4-13(10-17(16)21)19(26)24-8-6-12(7-9-24)18(25)23-15-3-1-2-14(22)11-15/h1-5,10-12H,6-9H2,(H,23,25). The summed E-state index contributed by atoms with van der Waals surface area (Å²) < 4.78 is 13.2. The zero-order valence-corrected chi connectivity index (χ0v) is 15.4. The summed E-state index contributed by atoms with van der Waals surface area (Å²) in [4.78, 5) is 26.6. The van der Waals surface area contributed by atoms with E-state index in [2.05, 4.69) is 5.32 Å². The molecule has 0 aliphatic carbocycles. The van der Waals surface area contributed by atoms with Crippen LogP contribution in [0.15, 0.2) is 42.5 Å². The monoisotopic (exact) mass is 394 g/mol. The van der Waals surface area contributed by atoms with Crippen LogP contribution in [-0.4, -0.2) is 29.8 Å². The van der Waals surface area contributed by atoms with E-state index in [1.807, 2.05) is 0 Å². The maximum Gasteiger partial charge on any atom is 0.253 e. The zero-order valence-electron chi connectivity index (χ0n) is 13.8. The van der Waals surface area contributed by atoms with Crippen LogP contribution in [0.1, 0.15) is 23.2 Å². The van der Waals surface area contributed by atoms with Gasteiger partial charge in [-0.25, -0.2) is 4.39 Å². The summed E-state index contributed by atoms with van der Waals surface area (Å²) in [6.45, 7) is 0.945. The molecule has 4 nitrogen and oxygen atoms in total. The highest BCUT2D eigenvalue weighted by atomic mass is 35.5. The molecule has 2 aromatic rings. The first-order chi connectivity index (χ1) is 12.4. The lowest BCUT2D eigenvalue weighted by Gasteiger charge is -2.31. The molecular formula is C19H17Cl2FN2O2. The Hall–Kier alpha value is -2.11. The van der Waals surface area contributed by atoms with Crippen molar-refractivity contribution in [1.29, 1.82) is 0 Å². The molecule has 2 aromatic carbocycles. The molecule has 3 rings (SSSR count). The van der Waals surface area contributed by atoms with Crippen LogP contribution in [-0.2, 0) is 4.79 Å². The summed E-state index contributed by atoms with van der Waals surface area (Å²) in [6.07, 6.45) is 1.10. The number of nitrogens with zero attached hydrogens (tertiary/aromatic N) is 1. The van der Waals surface area contributed by atoms with Crippen LogP contribution >= 0.6 is 23.2 Å². The number of piperidine rings is 1. The molecule has 7 heteroatoms. The normalized spacial score (nSPS) is 15.0. The van der Waals surface area contributed by atoms with Crippen molar-refractivity contribution < 1.29 is 14.0 Å². The average Bonchev–Trinajstić information content (AvgIpc) is 2.63. The molecule has 0 saturated carbocycles. The highest BCUT2D eigenvalue weighted by molar-refractivity contribution is 6.42. The van der Waals surface area contributed by atoms with E-state index in [1.54, 1.807) is 35.2 Å². The molecular weight excluding hydrogens is 378 g/mol. The summed E-state index contributed by atoms with van der Waals surface area (Å²) in [5.41, 5.74) is 0.909. The molecule has 1 fully saturated rings. The SMILES string of the molecule is O=C(Nc1cccc(F)c1)C1CCN(C(=O)c2ccc(Cl)c(Cl)c2)CC1. The summed E-state index contributed by atoms with van der Waals surface area (Å²) in [5, 5.41) is 3.46. The molecule has 1 saturated heterocycles.